The molecular formula is C29H22BrFN2O5S. The van der Waals surface area contributed by atoms with Gasteiger partial charge in [-0.3, -0.25) is 9.36 Å². The van der Waals surface area contributed by atoms with Crippen LogP contribution in [0.15, 0.2) is 86.6 Å². The maximum Gasteiger partial charge on any atom is 0.338 e. The molecule has 39 heavy (non-hydrogen) atoms. The van der Waals surface area contributed by atoms with Gasteiger partial charge >= 0.3 is 5.97 Å². The molecule has 1 atom stereocenters. The van der Waals surface area contributed by atoms with Crippen molar-refractivity contribution >= 4 is 45.0 Å². The zero-order chi connectivity index (χ0) is 27.7. The number of carbonyl (C=O) groups is 1. The summed E-state index contributed by atoms with van der Waals surface area (Å²) in [6.07, 6.45) is 1.66. The second kappa shape index (κ2) is 11.0. The van der Waals surface area contributed by atoms with Crippen LogP contribution in [0.4, 0.5) is 4.39 Å². The number of methoxy groups -OCH3 is 1. The lowest BCUT2D eigenvalue weighted by atomic mass is 9.93. The lowest BCUT2D eigenvalue weighted by Gasteiger charge is -2.25. The number of fused-ring (bicyclic) bond motifs is 1. The molecular weight excluding hydrogens is 587 g/mol. The molecule has 0 unspecified atom stereocenters. The number of esters is 1. The summed E-state index contributed by atoms with van der Waals surface area (Å²) in [7, 11) is 1.43. The monoisotopic (exact) mass is 608 g/mol. The molecule has 7 nitrogen and oxygen atoms in total. The predicted molar refractivity (Wildman–Crippen MR) is 150 cm³/mol. The van der Waals surface area contributed by atoms with Crippen molar-refractivity contribution in [2.75, 3.05) is 13.7 Å². The summed E-state index contributed by atoms with van der Waals surface area (Å²) in [5.41, 5.74) is 1.99. The molecule has 1 aliphatic heterocycles. The molecule has 198 valence electrons. The molecule has 3 aromatic carbocycles. The van der Waals surface area contributed by atoms with Gasteiger partial charge in [0, 0.05) is 5.56 Å². The molecule has 0 fully saturated rings. The number of phenolic OH excluding ortho intramolecular Hbond substituents is 1. The Morgan fingerprint density at radius 2 is 1.90 bits per heavy atom. The number of ether oxygens (including phenoxy) is 2. The summed E-state index contributed by atoms with van der Waals surface area (Å²) >= 11 is 4.46. The lowest BCUT2D eigenvalue weighted by molar-refractivity contribution is -0.138. The molecule has 4 aromatic rings. The maximum atomic E-state index is 13.9. The van der Waals surface area contributed by atoms with E-state index in [-0.39, 0.29) is 29.2 Å². The van der Waals surface area contributed by atoms with Crippen molar-refractivity contribution in [2.45, 2.75) is 13.0 Å². The molecule has 1 N–H and O–H groups in total. The Bertz CT molecular complexity index is 1780. The van der Waals surface area contributed by atoms with Crippen LogP contribution in [0.3, 0.4) is 0 Å². The molecule has 0 amide bonds. The third-order valence-electron chi connectivity index (χ3n) is 6.13. The molecule has 1 aliphatic rings. The number of rotatable bonds is 6. The van der Waals surface area contributed by atoms with Gasteiger partial charge < -0.3 is 14.6 Å². The molecule has 0 saturated carbocycles. The van der Waals surface area contributed by atoms with Gasteiger partial charge in [0.2, 0.25) is 0 Å². The number of halogens is 2. The molecule has 10 heteroatoms. The third-order valence-corrected chi connectivity index (χ3v) is 7.72. The predicted octanol–water partition coefficient (Wildman–Crippen LogP) is 4.55. The first kappa shape index (κ1) is 26.6. The second-order valence-corrected chi connectivity index (χ2v) is 10.4. The van der Waals surface area contributed by atoms with Crippen molar-refractivity contribution in [3.63, 3.8) is 0 Å². The summed E-state index contributed by atoms with van der Waals surface area (Å²) < 4.78 is 26.7. The van der Waals surface area contributed by atoms with E-state index in [4.69, 9.17) is 14.5 Å². The fraction of sp³-hybridized carbons (Fsp3) is 0.138. The van der Waals surface area contributed by atoms with E-state index in [1.54, 1.807) is 37.3 Å². The summed E-state index contributed by atoms with van der Waals surface area (Å²) in [5.74, 6) is -0.874. The molecule has 2 heterocycles. The number of aromatic nitrogens is 1. The molecule has 0 aliphatic carbocycles. The minimum absolute atomic E-state index is 0.0565. The standard InChI is InChI=1S/C29H22BrFN2O5S/c1-3-38-28(36)23-24(17-7-5-4-6-8-17)32-29-33(25(23)18-9-11-19(31)12-10-18)27(35)22(39-29)15-16-13-20(30)26(34)21(14-16)37-2/h4-15,25,34H,3H2,1-2H3/b22-15-/t25-/m0/s1. The fourth-order valence-electron chi connectivity index (χ4n) is 4.38. The Morgan fingerprint density at radius 1 is 1.18 bits per heavy atom. The van der Waals surface area contributed by atoms with Crippen LogP contribution in [0.1, 0.15) is 29.7 Å². The van der Waals surface area contributed by atoms with Crippen molar-refractivity contribution in [3.05, 3.63) is 119 Å². The Labute approximate surface area is 234 Å². The zero-order valence-electron chi connectivity index (χ0n) is 20.9. The number of phenols is 1. The zero-order valence-corrected chi connectivity index (χ0v) is 23.3. The fourth-order valence-corrected chi connectivity index (χ4v) is 5.85. The smallest absolute Gasteiger partial charge is 0.338 e. The number of nitrogens with zero attached hydrogens (tertiary/aromatic N) is 2. The number of benzene rings is 3. The first-order chi connectivity index (χ1) is 18.8. The first-order valence-corrected chi connectivity index (χ1v) is 13.5. The quantitative estimate of drug-likeness (QED) is 0.324. The maximum absolute atomic E-state index is 13.9. The second-order valence-electron chi connectivity index (χ2n) is 8.54. The highest BCUT2D eigenvalue weighted by Crippen LogP contribution is 2.36. The summed E-state index contributed by atoms with van der Waals surface area (Å²) in [4.78, 5) is 32.4. The summed E-state index contributed by atoms with van der Waals surface area (Å²) in [6.45, 7) is 1.83. The Morgan fingerprint density at radius 3 is 2.56 bits per heavy atom. The van der Waals surface area contributed by atoms with Crippen LogP contribution < -0.4 is 19.6 Å². The number of hydrogen-bond donors (Lipinski definition) is 1. The van der Waals surface area contributed by atoms with E-state index in [1.807, 2.05) is 30.3 Å². The van der Waals surface area contributed by atoms with E-state index < -0.39 is 17.8 Å². The van der Waals surface area contributed by atoms with E-state index in [1.165, 1.54) is 23.8 Å². The van der Waals surface area contributed by atoms with Gasteiger partial charge in [-0.15, -0.1) is 0 Å². The molecule has 0 spiro atoms. The average Bonchev–Trinajstić information content (AvgIpc) is 3.25. The number of thiazole rings is 1. The van der Waals surface area contributed by atoms with Crippen LogP contribution in [-0.2, 0) is 9.53 Å². The highest BCUT2D eigenvalue weighted by molar-refractivity contribution is 9.10. The van der Waals surface area contributed by atoms with Crippen molar-refractivity contribution in [1.29, 1.82) is 0 Å². The largest absolute Gasteiger partial charge is 0.503 e. The van der Waals surface area contributed by atoms with Crippen LogP contribution >= 0.6 is 27.3 Å². The topological polar surface area (TPSA) is 90.1 Å². The molecule has 0 radical (unpaired) electrons. The molecule has 1 aromatic heterocycles. The summed E-state index contributed by atoms with van der Waals surface area (Å²) in [5, 5.41) is 10.2. The van der Waals surface area contributed by atoms with Gasteiger partial charge in [-0.2, -0.15) is 0 Å². The van der Waals surface area contributed by atoms with E-state index in [2.05, 4.69) is 15.9 Å². The SMILES string of the molecule is CCOC(=O)C1=C(c2ccccc2)N=c2s/c(=C\c3cc(Br)c(O)c(OC)c3)c(=O)n2[C@H]1c1ccc(F)cc1. The average molecular weight is 609 g/mol. The normalized spacial score (nSPS) is 15.1. The Kier molecular flexibility index (Phi) is 7.49. The van der Waals surface area contributed by atoms with Crippen LogP contribution in [0.5, 0.6) is 11.5 Å². The minimum atomic E-state index is -0.903. The van der Waals surface area contributed by atoms with Crippen molar-refractivity contribution in [2.24, 2.45) is 4.99 Å². The van der Waals surface area contributed by atoms with Gasteiger partial charge in [0.05, 0.1) is 40.0 Å². The van der Waals surface area contributed by atoms with Gasteiger partial charge in [-0.05, 0) is 64.3 Å². The third kappa shape index (κ3) is 5.05. The van der Waals surface area contributed by atoms with Gasteiger partial charge in [0.1, 0.15) is 5.82 Å². The number of carbonyl (C=O) groups excluding carboxylic acids is 1. The highest BCUT2D eigenvalue weighted by Gasteiger charge is 2.35. The van der Waals surface area contributed by atoms with Crippen LogP contribution in [0.25, 0.3) is 11.8 Å². The first-order valence-electron chi connectivity index (χ1n) is 11.9. The van der Waals surface area contributed by atoms with Crippen LogP contribution in [-0.4, -0.2) is 29.4 Å². The Hall–Kier alpha value is -4.02. The highest BCUT2D eigenvalue weighted by atomic mass is 79.9. The van der Waals surface area contributed by atoms with Gasteiger partial charge in [0.25, 0.3) is 5.56 Å². The Balaban J connectivity index is 1.82. The van der Waals surface area contributed by atoms with E-state index in [0.29, 0.717) is 36.2 Å². The van der Waals surface area contributed by atoms with Gasteiger partial charge in [-0.25, -0.2) is 14.2 Å². The van der Waals surface area contributed by atoms with Crippen molar-refractivity contribution in [1.82, 2.24) is 4.57 Å². The number of aromatic hydroxyl groups is 1. The van der Waals surface area contributed by atoms with E-state index in [9.17, 15) is 19.1 Å². The van der Waals surface area contributed by atoms with Crippen LogP contribution in [0, 0.1) is 5.82 Å². The molecule has 0 saturated heterocycles. The van der Waals surface area contributed by atoms with E-state index in [0.717, 1.165) is 11.3 Å². The van der Waals surface area contributed by atoms with Gasteiger partial charge in [-0.1, -0.05) is 53.8 Å². The number of hydrogen-bond acceptors (Lipinski definition) is 7. The lowest BCUT2D eigenvalue weighted by Crippen LogP contribution is -2.40. The molecule has 5 rings (SSSR count). The molecule has 0 bridgehead atoms. The van der Waals surface area contributed by atoms with Crippen molar-refractivity contribution in [3.8, 4) is 11.5 Å². The minimum Gasteiger partial charge on any atom is -0.503 e. The van der Waals surface area contributed by atoms with Gasteiger partial charge in [0.15, 0.2) is 16.3 Å². The van der Waals surface area contributed by atoms with E-state index >= 15 is 0 Å². The van der Waals surface area contributed by atoms with Crippen molar-refractivity contribution < 1.29 is 23.8 Å². The summed E-state index contributed by atoms with van der Waals surface area (Å²) in [6, 6.07) is 17.2. The van der Waals surface area contributed by atoms with Crippen LogP contribution in [0.2, 0.25) is 0 Å².